The van der Waals surface area contributed by atoms with Crippen molar-refractivity contribution >= 4 is 27.5 Å². The molecule has 0 spiro atoms. The molecule has 8 rings (SSSR count). The van der Waals surface area contributed by atoms with Crippen LogP contribution in [0.5, 0.6) is 0 Å². The number of benzene rings is 2. The summed E-state index contributed by atoms with van der Waals surface area (Å²) < 4.78 is 2.29. The molecule has 4 nitrogen and oxygen atoms in total. The molecule has 0 fully saturated rings. The second kappa shape index (κ2) is 5.35. The summed E-state index contributed by atoms with van der Waals surface area (Å²) in [5.41, 5.74) is 13.5. The molecule has 0 atom stereocenters. The van der Waals surface area contributed by atoms with E-state index in [1.165, 1.54) is 39.1 Å². The van der Waals surface area contributed by atoms with E-state index in [-0.39, 0.29) is 0 Å². The van der Waals surface area contributed by atoms with Crippen LogP contribution in [0.15, 0.2) is 73.2 Å². The predicted octanol–water partition coefficient (Wildman–Crippen LogP) is 5.57. The summed E-state index contributed by atoms with van der Waals surface area (Å²) in [5, 5.41) is 2.29. The van der Waals surface area contributed by atoms with E-state index in [0.717, 1.165) is 46.0 Å². The lowest BCUT2D eigenvalue weighted by molar-refractivity contribution is 1.16. The number of hydrogen-bond acceptors (Lipinski definition) is 3. The lowest BCUT2D eigenvalue weighted by Gasteiger charge is -2.11. The Morgan fingerprint density at radius 1 is 0.742 bits per heavy atom. The van der Waals surface area contributed by atoms with E-state index in [2.05, 4.69) is 57.9 Å². The van der Waals surface area contributed by atoms with Crippen LogP contribution in [0.1, 0.15) is 22.4 Å². The van der Waals surface area contributed by atoms with E-state index in [1.807, 2.05) is 24.7 Å². The number of fused-ring (bicyclic) bond motifs is 13. The molecule has 2 aliphatic rings. The van der Waals surface area contributed by atoms with Crippen molar-refractivity contribution in [2.45, 2.75) is 12.8 Å². The van der Waals surface area contributed by atoms with Gasteiger partial charge < -0.3 is 0 Å². The molecular weight excluding hydrogens is 380 g/mol. The minimum absolute atomic E-state index is 0.859. The minimum Gasteiger partial charge on any atom is -0.289 e. The van der Waals surface area contributed by atoms with Crippen molar-refractivity contribution in [1.29, 1.82) is 0 Å². The Hall–Kier alpha value is -4.05. The third kappa shape index (κ3) is 1.88. The van der Waals surface area contributed by atoms with Crippen molar-refractivity contribution in [3.63, 3.8) is 0 Å². The van der Waals surface area contributed by atoms with E-state index in [0.29, 0.717) is 0 Å². The summed E-state index contributed by atoms with van der Waals surface area (Å²) in [6.45, 7) is 0. The Bertz CT molecular complexity index is 1740. The lowest BCUT2D eigenvalue weighted by atomic mass is 9.99. The molecule has 0 amide bonds. The van der Waals surface area contributed by atoms with Gasteiger partial charge in [-0.15, -0.1) is 0 Å². The highest BCUT2D eigenvalue weighted by atomic mass is 15.1. The average Bonchev–Trinajstić information content (AvgIpc) is 3.47. The molecule has 144 valence electrons. The molecule has 0 saturated carbocycles. The van der Waals surface area contributed by atoms with E-state index < -0.39 is 0 Å². The topological polar surface area (TPSA) is 43.1 Å². The van der Waals surface area contributed by atoms with Crippen LogP contribution >= 0.6 is 0 Å². The number of pyridine rings is 3. The summed E-state index contributed by atoms with van der Waals surface area (Å²) in [7, 11) is 0. The van der Waals surface area contributed by atoms with Crippen LogP contribution in [-0.4, -0.2) is 19.4 Å². The van der Waals surface area contributed by atoms with Gasteiger partial charge in [0.25, 0.3) is 0 Å². The van der Waals surface area contributed by atoms with Gasteiger partial charge in [0, 0.05) is 35.2 Å². The molecule has 31 heavy (non-hydrogen) atoms. The van der Waals surface area contributed by atoms with Gasteiger partial charge in [-0.05, 0) is 58.5 Å². The zero-order valence-corrected chi connectivity index (χ0v) is 16.6. The minimum atomic E-state index is 0.859. The number of aromatic nitrogens is 4. The Labute approximate surface area is 177 Å². The highest BCUT2D eigenvalue weighted by Gasteiger charge is 2.30. The highest BCUT2D eigenvalue weighted by Crippen LogP contribution is 2.46. The van der Waals surface area contributed by atoms with Crippen LogP contribution in [0.3, 0.4) is 0 Å². The first-order valence-electron chi connectivity index (χ1n) is 10.6. The molecular formula is C27H16N4. The molecule has 4 heterocycles. The normalized spacial score (nSPS) is 13.5. The van der Waals surface area contributed by atoms with Gasteiger partial charge in [0.1, 0.15) is 5.52 Å². The summed E-state index contributed by atoms with van der Waals surface area (Å²) in [5.74, 6) is 0. The largest absolute Gasteiger partial charge is 0.289 e. The van der Waals surface area contributed by atoms with Gasteiger partial charge in [-0.1, -0.05) is 30.3 Å². The summed E-state index contributed by atoms with van der Waals surface area (Å²) in [6.07, 6.45) is 7.52. The Balaban J connectivity index is 1.49. The molecule has 0 N–H and O–H groups in total. The van der Waals surface area contributed by atoms with Crippen molar-refractivity contribution in [1.82, 2.24) is 19.4 Å². The van der Waals surface area contributed by atoms with Crippen LogP contribution in [-0.2, 0) is 12.8 Å². The highest BCUT2D eigenvalue weighted by molar-refractivity contribution is 6.10. The Morgan fingerprint density at radius 2 is 1.65 bits per heavy atom. The predicted molar refractivity (Wildman–Crippen MR) is 122 cm³/mol. The van der Waals surface area contributed by atoms with Crippen LogP contribution in [0.2, 0.25) is 0 Å². The van der Waals surface area contributed by atoms with Gasteiger partial charge in [0.2, 0.25) is 0 Å². The fraction of sp³-hybridized carbons (Fsp3) is 0.0741. The molecule has 0 aliphatic heterocycles. The van der Waals surface area contributed by atoms with Crippen molar-refractivity contribution < 1.29 is 0 Å². The van der Waals surface area contributed by atoms with Crippen molar-refractivity contribution in [2.24, 2.45) is 0 Å². The van der Waals surface area contributed by atoms with E-state index >= 15 is 0 Å². The molecule has 4 aromatic heterocycles. The maximum absolute atomic E-state index is 5.11. The van der Waals surface area contributed by atoms with Crippen molar-refractivity contribution in [2.75, 3.05) is 0 Å². The molecule has 4 heteroatoms. The van der Waals surface area contributed by atoms with Gasteiger partial charge in [0.15, 0.2) is 5.65 Å². The van der Waals surface area contributed by atoms with E-state index in [4.69, 9.17) is 9.97 Å². The average molecular weight is 396 g/mol. The molecule has 2 aromatic carbocycles. The van der Waals surface area contributed by atoms with Gasteiger partial charge in [-0.2, -0.15) is 0 Å². The fourth-order valence-corrected chi connectivity index (χ4v) is 5.63. The fourth-order valence-electron chi connectivity index (χ4n) is 5.63. The molecule has 0 saturated heterocycles. The SMILES string of the molecule is c1ccc2c(c1)Cc1cc3c(cc1-2)Cc1nc2c4ncccc4c4ccncc4n2c1-3. The van der Waals surface area contributed by atoms with Gasteiger partial charge in [0.05, 0.1) is 23.1 Å². The second-order valence-corrected chi connectivity index (χ2v) is 8.54. The number of hydrogen-bond donors (Lipinski definition) is 0. The van der Waals surface area contributed by atoms with E-state index in [1.54, 1.807) is 0 Å². The molecule has 0 unspecified atom stereocenters. The zero-order valence-electron chi connectivity index (χ0n) is 16.6. The van der Waals surface area contributed by atoms with Gasteiger partial charge >= 0.3 is 0 Å². The molecule has 0 bridgehead atoms. The monoisotopic (exact) mass is 396 g/mol. The third-order valence-electron chi connectivity index (χ3n) is 6.93. The number of imidazole rings is 1. The standard InChI is InChI=1S/C27H16N4/c1-2-5-18-15(4-1)10-16-12-22-17(11-21(16)18)13-23-26(22)31-24-14-28-9-7-19(24)20-6-3-8-29-25(20)27(31)30-23/h1-9,11-12,14H,10,13H2. The van der Waals surface area contributed by atoms with Crippen LogP contribution < -0.4 is 0 Å². The third-order valence-corrected chi connectivity index (χ3v) is 6.93. The van der Waals surface area contributed by atoms with Crippen molar-refractivity contribution in [3.05, 3.63) is 95.6 Å². The van der Waals surface area contributed by atoms with Crippen LogP contribution in [0.25, 0.3) is 49.8 Å². The van der Waals surface area contributed by atoms with Crippen molar-refractivity contribution in [3.8, 4) is 22.4 Å². The first-order chi connectivity index (χ1) is 15.4. The maximum atomic E-state index is 5.11. The van der Waals surface area contributed by atoms with E-state index in [9.17, 15) is 0 Å². The smallest absolute Gasteiger partial charge is 0.164 e. The lowest BCUT2D eigenvalue weighted by Crippen LogP contribution is -1.96. The first kappa shape index (κ1) is 15.7. The first-order valence-corrected chi connectivity index (χ1v) is 10.6. The molecule has 0 radical (unpaired) electrons. The molecule has 2 aliphatic carbocycles. The van der Waals surface area contributed by atoms with Crippen LogP contribution in [0, 0.1) is 0 Å². The molecule has 6 aromatic rings. The number of rotatable bonds is 0. The quantitative estimate of drug-likeness (QED) is 0.315. The summed E-state index contributed by atoms with van der Waals surface area (Å²) in [4.78, 5) is 14.3. The van der Waals surface area contributed by atoms with Crippen LogP contribution in [0.4, 0.5) is 0 Å². The second-order valence-electron chi connectivity index (χ2n) is 8.54. The van der Waals surface area contributed by atoms with Gasteiger partial charge in [-0.3, -0.25) is 14.4 Å². The summed E-state index contributed by atoms with van der Waals surface area (Å²) >= 11 is 0. The van der Waals surface area contributed by atoms with Gasteiger partial charge in [-0.25, -0.2) is 4.98 Å². The maximum Gasteiger partial charge on any atom is 0.164 e. The Kier molecular flexibility index (Phi) is 2.72. The Morgan fingerprint density at radius 3 is 2.65 bits per heavy atom. The zero-order chi connectivity index (χ0) is 20.1. The summed E-state index contributed by atoms with van der Waals surface area (Å²) in [6, 6.07) is 19.8. The number of nitrogens with zero attached hydrogens (tertiary/aromatic N) is 4.